The molecule has 1 heterocycles. The van der Waals surface area contributed by atoms with Crippen molar-refractivity contribution >= 4 is 11.6 Å². The van der Waals surface area contributed by atoms with Crippen LogP contribution in [0.3, 0.4) is 0 Å². The summed E-state index contributed by atoms with van der Waals surface area (Å²) >= 11 is 0. The maximum Gasteiger partial charge on any atom is 0.224 e. The van der Waals surface area contributed by atoms with Crippen molar-refractivity contribution in [3.63, 3.8) is 0 Å². The number of nitrogens with one attached hydrogen (secondary N) is 2. The highest BCUT2D eigenvalue weighted by Gasteiger charge is 2.14. The molecule has 4 heteroatoms. The summed E-state index contributed by atoms with van der Waals surface area (Å²) in [5, 5.41) is 5.97. The van der Waals surface area contributed by atoms with Crippen LogP contribution in [-0.2, 0) is 16.0 Å². The van der Waals surface area contributed by atoms with Gasteiger partial charge in [-0.05, 0) is 30.5 Å². The van der Waals surface area contributed by atoms with E-state index in [2.05, 4.69) is 10.6 Å². The summed E-state index contributed by atoms with van der Waals surface area (Å²) in [6, 6.07) is 7.97. The van der Waals surface area contributed by atoms with E-state index >= 15 is 0 Å². The number of likely N-dealkylation sites (N-methyl/N-ethyl adjacent to an activating group) is 1. The number of rotatable bonds is 5. The number of amides is 1. The number of hydrogen-bond acceptors (Lipinski definition) is 3. The number of benzene rings is 1. The molecule has 0 radical (unpaired) electrons. The van der Waals surface area contributed by atoms with Gasteiger partial charge < -0.3 is 15.4 Å². The van der Waals surface area contributed by atoms with Gasteiger partial charge in [0.1, 0.15) is 0 Å². The number of hydrogen-bond donors (Lipinski definition) is 2. The summed E-state index contributed by atoms with van der Waals surface area (Å²) < 4.78 is 5.55. The van der Waals surface area contributed by atoms with Crippen LogP contribution in [0.1, 0.15) is 18.4 Å². The lowest BCUT2D eigenvalue weighted by Crippen LogP contribution is -2.20. The maximum atomic E-state index is 11.2. The van der Waals surface area contributed by atoms with Gasteiger partial charge in [0, 0.05) is 25.9 Å². The van der Waals surface area contributed by atoms with E-state index in [9.17, 15) is 4.79 Å². The summed E-state index contributed by atoms with van der Waals surface area (Å²) in [4.78, 5) is 11.2. The molecule has 1 aromatic rings. The minimum Gasteiger partial charge on any atom is -0.382 e. The molecule has 1 aliphatic rings. The Balaban J connectivity index is 1.81. The molecule has 1 saturated heterocycles. The normalized spacial score (nSPS) is 18.6. The summed E-state index contributed by atoms with van der Waals surface area (Å²) in [7, 11) is 1.65. The Kier molecular flexibility index (Phi) is 4.59. The Labute approximate surface area is 108 Å². The lowest BCUT2D eigenvalue weighted by molar-refractivity contribution is -0.119. The van der Waals surface area contributed by atoms with Crippen molar-refractivity contribution in [3.05, 3.63) is 29.8 Å². The largest absolute Gasteiger partial charge is 0.382 e. The fourth-order valence-electron chi connectivity index (χ4n) is 2.05. The second-order valence-corrected chi connectivity index (χ2v) is 4.56. The van der Waals surface area contributed by atoms with E-state index in [-0.39, 0.29) is 5.91 Å². The highest BCUT2D eigenvalue weighted by Crippen LogP contribution is 2.14. The molecule has 1 unspecified atom stereocenters. The minimum atomic E-state index is 0.0371. The van der Waals surface area contributed by atoms with Crippen LogP contribution in [0.2, 0.25) is 0 Å². The smallest absolute Gasteiger partial charge is 0.224 e. The van der Waals surface area contributed by atoms with Gasteiger partial charge >= 0.3 is 0 Å². The van der Waals surface area contributed by atoms with E-state index < -0.39 is 0 Å². The molecule has 98 valence electrons. The summed E-state index contributed by atoms with van der Waals surface area (Å²) in [6.45, 7) is 1.74. The molecule has 1 aliphatic heterocycles. The second kappa shape index (κ2) is 6.40. The van der Waals surface area contributed by atoms with Crippen LogP contribution < -0.4 is 10.6 Å². The van der Waals surface area contributed by atoms with Gasteiger partial charge in [-0.25, -0.2) is 0 Å². The molecule has 2 N–H and O–H groups in total. The van der Waals surface area contributed by atoms with E-state index in [0.29, 0.717) is 12.5 Å². The van der Waals surface area contributed by atoms with Crippen molar-refractivity contribution in [2.45, 2.75) is 25.4 Å². The van der Waals surface area contributed by atoms with Crippen molar-refractivity contribution in [2.75, 3.05) is 25.5 Å². The lowest BCUT2D eigenvalue weighted by atomic mass is 10.1. The number of carbonyl (C=O) groups excluding carboxylic acids is 1. The van der Waals surface area contributed by atoms with Crippen molar-refractivity contribution < 1.29 is 9.53 Å². The average molecular weight is 248 g/mol. The standard InChI is InChI=1S/C14H20N2O2/c1-15-14(17)9-11-4-6-12(7-5-11)16-10-13-3-2-8-18-13/h4-7,13,16H,2-3,8-10H2,1H3,(H,15,17). The monoisotopic (exact) mass is 248 g/mol. The van der Waals surface area contributed by atoms with Crippen LogP contribution in [0.5, 0.6) is 0 Å². The number of carbonyl (C=O) groups is 1. The SMILES string of the molecule is CNC(=O)Cc1ccc(NCC2CCCO2)cc1. The first-order valence-electron chi connectivity index (χ1n) is 6.43. The Morgan fingerprint density at radius 2 is 2.17 bits per heavy atom. The molecule has 1 fully saturated rings. The molecule has 0 bridgehead atoms. The highest BCUT2D eigenvalue weighted by atomic mass is 16.5. The zero-order valence-corrected chi connectivity index (χ0v) is 10.7. The lowest BCUT2D eigenvalue weighted by Gasteiger charge is -2.12. The predicted octanol–water partition coefficient (Wildman–Crippen LogP) is 1.57. The zero-order chi connectivity index (χ0) is 12.8. The number of ether oxygens (including phenoxy) is 1. The predicted molar refractivity (Wildman–Crippen MR) is 71.7 cm³/mol. The Morgan fingerprint density at radius 3 is 2.78 bits per heavy atom. The molecule has 1 aromatic carbocycles. The van der Waals surface area contributed by atoms with Crippen LogP contribution in [0.15, 0.2) is 24.3 Å². The minimum absolute atomic E-state index is 0.0371. The second-order valence-electron chi connectivity index (χ2n) is 4.56. The van der Waals surface area contributed by atoms with Gasteiger partial charge in [0.25, 0.3) is 0 Å². The summed E-state index contributed by atoms with van der Waals surface area (Å²) in [6.07, 6.45) is 3.08. The third kappa shape index (κ3) is 3.74. The molecular formula is C14H20N2O2. The van der Waals surface area contributed by atoms with Gasteiger partial charge in [0.05, 0.1) is 12.5 Å². The Bertz CT molecular complexity index is 383. The maximum absolute atomic E-state index is 11.2. The van der Waals surface area contributed by atoms with Crippen molar-refractivity contribution in [2.24, 2.45) is 0 Å². The van der Waals surface area contributed by atoms with Gasteiger partial charge in [-0.2, -0.15) is 0 Å². The molecule has 1 amide bonds. The van der Waals surface area contributed by atoms with E-state index in [0.717, 1.165) is 37.2 Å². The Hall–Kier alpha value is -1.55. The van der Waals surface area contributed by atoms with Gasteiger partial charge in [0.15, 0.2) is 0 Å². The highest BCUT2D eigenvalue weighted by molar-refractivity contribution is 5.78. The van der Waals surface area contributed by atoms with Crippen LogP contribution in [0, 0.1) is 0 Å². The molecule has 0 aliphatic carbocycles. The first-order chi connectivity index (χ1) is 8.78. The van der Waals surface area contributed by atoms with Crippen molar-refractivity contribution in [3.8, 4) is 0 Å². The van der Waals surface area contributed by atoms with Crippen LogP contribution in [0.25, 0.3) is 0 Å². The van der Waals surface area contributed by atoms with Crippen molar-refractivity contribution in [1.82, 2.24) is 5.32 Å². The Morgan fingerprint density at radius 1 is 1.39 bits per heavy atom. The number of anilines is 1. The van der Waals surface area contributed by atoms with E-state index in [1.165, 1.54) is 0 Å². The molecule has 1 atom stereocenters. The molecule has 2 rings (SSSR count). The van der Waals surface area contributed by atoms with E-state index in [4.69, 9.17) is 4.74 Å². The van der Waals surface area contributed by atoms with E-state index in [1.807, 2.05) is 24.3 Å². The van der Waals surface area contributed by atoms with Gasteiger partial charge in [-0.15, -0.1) is 0 Å². The van der Waals surface area contributed by atoms with Gasteiger partial charge in [0.2, 0.25) is 5.91 Å². The fraction of sp³-hybridized carbons (Fsp3) is 0.500. The topological polar surface area (TPSA) is 50.4 Å². The third-order valence-corrected chi connectivity index (χ3v) is 3.16. The van der Waals surface area contributed by atoms with E-state index in [1.54, 1.807) is 7.05 Å². The van der Waals surface area contributed by atoms with Crippen LogP contribution in [-0.4, -0.2) is 32.2 Å². The van der Waals surface area contributed by atoms with Gasteiger partial charge in [-0.3, -0.25) is 4.79 Å². The zero-order valence-electron chi connectivity index (χ0n) is 10.7. The fourth-order valence-corrected chi connectivity index (χ4v) is 2.05. The average Bonchev–Trinajstić information content (AvgIpc) is 2.91. The first-order valence-corrected chi connectivity index (χ1v) is 6.43. The molecule has 0 aromatic heterocycles. The van der Waals surface area contributed by atoms with Gasteiger partial charge in [-0.1, -0.05) is 12.1 Å². The summed E-state index contributed by atoms with van der Waals surface area (Å²) in [5.74, 6) is 0.0371. The molecule has 0 spiro atoms. The third-order valence-electron chi connectivity index (χ3n) is 3.16. The van der Waals surface area contributed by atoms with Crippen molar-refractivity contribution in [1.29, 1.82) is 0 Å². The summed E-state index contributed by atoms with van der Waals surface area (Å²) in [5.41, 5.74) is 2.10. The quantitative estimate of drug-likeness (QED) is 0.831. The first kappa shape index (κ1) is 12.9. The van der Waals surface area contributed by atoms with Crippen LogP contribution in [0.4, 0.5) is 5.69 Å². The van der Waals surface area contributed by atoms with Crippen LogP contribution >= 0.6 is 0 Å². The molecule has 4 nitrogen and oxygen atoms in total. The molecule has 0 saturated carbocycles. The molecule has 18 heavy (non-hydrogen) atoms. The molecular weight excluding hydrogens is 228 g/mol.